The Morgan fingerprint density at radius 1 is 1.05 bits per heavy atom. The van der Waals surface area contributed by atoms with Gasteiger partial charge in [0.05, 0.1) is 0 Å². The molecule has 21 heavy (non-hydrogen) atoms. The summed E-state index contributed by atoms with van der Waals surface area (Å²) >= 11 is 8.85. The van der Waals surface area contributed by atoms with E-state index in [0.29, 0.717) is 5.38 Å². The van der Waals surface area contributed by atoms with Crippen LogP contribution in [0.3, 0.4) is 0 Å². The van der Waals surface area contributed by atoms with Gasteiger partial charge in [0.2, 0.25) is 0 Å². The number of hydrogen-bond donors (Lipinski definition) is 0. The maximum atomic E-state index is 6.52. The largest absolute Gasteiger partial charge is 0.309 e. The molecule has 0 amide bonds. The summed E-state index contributed by atoms with van der Waals surface area (Å²) in [5.41, 5.74) is 0. The predicted octanol–water partition coefficient (Wildman–Crippen LogP) is 3.83. The molecule has 5 unspecified atom stereocenters. The SMILES string of the molecule is CN(C)CCCN1C2CCCCC2SC2CCC(Cl)CC21. The number of fused-ring (bicyclic) bond motifs is 2. The van der Waals surface area contributed by atoms with E-state index in [1.807, 2.05) is 0 Å². The van der Waals surface area contributed by atoms with Crippen LogP contribution in [0.4, 0.5) is 0 Å². The van der Waals surface area contributed by atoms with E-state index in [2.05, 4.69) is 35.7 Å². The summed E-state index contributed by atoms with van der Waals surface area (Å²) in [6.45, 7) is 2.49. The zero-order valence-corrected chi connectivity index (χ0v) is 15.2. The normalized spacial score (nSPS) is 40.9. The molecule has 5 atom stereocenters. The molecule has 4 heteroatoms. The Kier molecular flexibility index (Phi) is 5.80. The highest BCUT2D eigenvalue weighted by Crippen LogP contribution is 2.47. The second kappa shape index (κ2) is 7.42. The first-order valence-corrected chi connectivity index (χ1v) is 10.2. The van der Waals surface area contributed by atoms with Gasteiger partial charge in [0.1, 0.15) is 0 Å². The Labute approximate surface area is 140 Å². The minimum absolute atomic E-state index is 0.420. The average molecular weight is 331 g/mol. The van der Waals surface area contributed by atoms with E-state index >= 15 is 0 Å². The van der Waals surface area contributed by atoms with Crippen molar-refractivity contribution in [3.63, 3.8) is 0 Å². The molecule has 3 fully saturated rings. The highest BCUT2D eigenvalue weighted by atomic mass is 35.5. The third kappa shape index (κ3) is 3.91. The molecule has 0 N–H and O–H groups in total. The van der Waals surface area contributed by atoms with Crippen molar-refractivity contribution in [2.45, 2.75) is 79.3 Å². The van der Waals surface area contributed by atoms with Gasteiger partial charge < -0.3 is 4.90 Å². The molecule has 0 aromatic rings. The maximum absolute atomic E-state index is 6.52. The first kappa shape index (κ1) is 16.4. The van der Waals surface area contributed by atoms with Gasteiger partial charge in [-0.25, -0.2) is 0 Å². The zero-order chi connectivity index (χ0) is 14.8. The van der Waals surface area contributed by atoms with E-state index in [4.69, 9.17) is 11.6 Å². The monoisotopic (exact) mass is 330 g/mol. The molecule has 3 aliphatic rings. The number of alkyl halides is 1. The second-order valence-corrected chi connectivity index (χ2v) is 9.54. The highest BCUT2D eigenvalue weighted by molar-refractivity contribution is 8.00. The summed E-state index contributed by atoms with van der Waals surface area (Å²) in [5, 5.41) is 2.19. The molecule has 0 spiro atoms. The van der Waals surface area contributed by atoms with Crippen molar-refractivity contribution >= 4 is 23.4 Å². The number of nitrogens with zero attached hydrogens (tertiary/aromatic N) is 2. The summed E-state index contributed by atoms with van der Waals surface area (Å²) < 4.78 is 0. The van der Waals surface area contributed by atoms with Gasteiger partial charge >= 0.3 is 0 Å². The van der Waals surface area contributed by atoms with Crippen LogP contribution in [0.25, 0.3) is 0 Å². The standard InChI is InChI=1S/C17H31ClN2S/c1-19(2)10-5-11-20-14-6-3-4-7-16(14)21-17-9-8-13(18)12-15(17)20/h13-17H,3-12H2,1-2H3. The second-order valence-electron chi connectivity index (χ2n) is 7.44. The molecule has 1 aliphatic heterocycles. The van der Waals surface area contributed by atoms with Gasteiger partial charge in [-0.1, -0.05) is 12.8 Å². The van der Waals surface area contributed by atoms with Gasteiger partial charge in [-0.3, -0.25) is 4.90 Å². The lowest BCUT2D eigenvalue weighted by Crippen LogP contribution is -2.59. The fourth-order valence-corrected chi connectivity index (χ4v) is 6.82. The summed E-state index contributed by atoms with van der Waals surface area (Å²) in [6, 6.07) is 1.60. The molecule has 2 saturated carbocycles. The lowest BCUT2D eigenvalue weighted by Gasteiger charge is -2.54. The molecule has 0 radical (unpaired) electrons. The van der Waals surface area contributed by atoms with Crippen molar-refractivity contribution in [1.29, 1.82) is 0 Å². The molecule has 2 nitrogen and oxygen atoms in total. The van der Waals surface area contributed by atoms with E-state index in [-0.39, 0.29) is 0 Å². The van der Waals surface area contributed by atoms with Crippen molar-refractivity contribution in [3.8, 4) is 0 Å². The molecule has 0 bridgehead atoms. The Morgan fingerprint density at radius 2 is 1.81 bits per heavy atom. The van der Waals surface area contributed by atoms with Crippen LogP contribution in [-0.2, 0) is 0 Å². The third-order valence-corrected chi connectivity index (χ3v) is 7.78. The number of thioether (sulfide) groups is 1. The summed E-state index contributed by atoms with van der Waals surface area (Å²) in [4.78, 5) is 5.22. The predicted molar refractivity (Wildman–Crippen MR) is 94.6 cm³/mol. The van der Waals surface area contributed by atoms with Crippen LogP contribution in [0, 0.1) is 0 Å². The third-order valence-electron chi connectivity index (χ3n) is 5.58. The van der Waals surface area contributed by atoms with Gasteiger partial charge in [0.25, 0.3) is 0 Å². The Bertz CT molecular complexity index is 339. The lowest BCUT2D eigenvalue weighted by molar-refractivity contribution is 0.0750. The first-order chi connectivity index (χ1) is 10.1. The van der Waals surface area contributed by atoms with E-state index in [9.17, 15) is 0 Å². The average Bonchev–Trinajstić information content (AvgIpc) is 2.46. The topological polar surface area (TPSA) is 6.48 Å². The van der Waals surface area contributed by atoms with E-state index in [0.717, 1.165) is 22.6 Å². The first-order valence-electron chi connectivity index (χ1n) is 8.85. The van der Waals surface area contributed by atoms with Crippen molar-refractivity contribution in [1.82, 2.24) is 9.80 Å². The van der Waals surface area contributed by atoms with Crippen molar-refractivity contribution < 1.29 is 0 Å². The van der Waals surface area contributed by atoms with E-state index in [1.54, 1.807) is 0 Å². The van der Waals surface area contributed by atoms with Crippen LogP contribution in [0.1, 0.15) is 51.4 Å². The van der Waals surface area contributed by atoms with Gasteiger partial charge in [0, 0.05) is 34.5 Å². The molecule has 1 saturated heterocycles. The maximum Gasteiger partial charge on any atom is 0.0351 e. The number of hydrogen-bond acceptors (Lipinski definition) is 3. The molecule has 1 heterocycles. The van der Waals surface area contributed by atoms with Crippen molar-refractivity contribution in [3.05, 3.63) is 0 Å². The quantitative estimate of drug-likeness (QED) is 0.723. The molecule has 122 valence electrons. The Morgan fingerprint density at radius 3 is 2.62 bits per heavy atom. The fraction of sp³-hybridized carbons (Fsp3) is 1.00. The minimum atomic E-state index is 0.420. The van der Waals surface area contributed by atoms with Gasteiger partial charge in [0.15, 0.2) is 0 Å². The molecule has 3 rings (SSSR count). The fourth-order valence-electron chi connectivity index (χ4n) is 4.56. The van der Waals surface area contributed by atoms with Crippen LogP contribution < -0.4 is 0 Å². The summed E-state index contributed by atoms with van der Waals surface area (Å²) in [5.74, 6) is 0. The molecule has 0 aromatic carbocycles. The van der Waals surface area contributed by atoms with Gasteiger partial charge in [-0.2, -0.15) is 11.8 Å². The number of halogens is 1. The van der Waals surface area contributed by atoms with Crippen LogP contribution in [0.5, 0.6) is 0 Å². The van der Waals surface area contributed by atoms with Crippen molar-refractivity contribution in [2.75, 3.05) is 27.2 Å². The molecular weight excluding hydrogens is 300 g/mol. The smallest absolute Gasteiger partial charge is 0.0351 e. The number of rotatable bonds is 4. The Balaban J connectivity index is 1.69. The van der Waals surface area contributed by atoms with Crippen molar-refractivity contribution in [2.24, 2.45) is 0 Å². The van der Waals surface area contributed by atoms with Gasteiger partial charge in [-0.05, 0) is 59.2 Å². The molecule has 0 aromatic heterocycles. The molecule has 2 aliphatic carbocycles. The summed E-state index contributed by atoms with van der Waals surface area (Å²) in [6.07, 6.45) is 10.9. The Hall–Kier alpha value is 0.560. The van der Waals surface area contributed by atoms with Crippen LogP contribution >= 0.6 is 23.4 Å². The van der Waals surface area contributed by atoms with Gasteiger partial charge in [-0.15, -0.1) is 11.6 Å². The van der Waals surface area contributed by atoms with Crippen LogP contribution in [0.2, 0.25) is 0 Å². The summed E-state index contributed by atoms with van der Waals surface area (Å²) in [7, 11) is 4.38. The van der Waals surface area contributed by atoms with E-state index < -0.39 is 0 Å². The lowest BCUT2D eigenvalue weighted by atomic mass is 9.87. The highest BCUT2D eigenvalue weighted by Gasteiger charge is 2.45. The minimum Gasteiger partial charge on any atom is -0.309 e. The van der Waals surface area contributed by atoms with E-state index in [1.165, 1.54) is 64.5 Å². The molecular formula is C17H31ClN2S. The van der Waals surface area contributed by atoms with Crippen LogP contribution in [-0.4, -0.2) is 64.9 Å². The zero-order valence-electron chi connectivity index (χ0n) is 13.6. The van der Waals surface area contributed by atoms with Crippen LogP contribution in [0.15, 0.2) is 0 Å².